The Labute approximate surface area is 344 Å². The Morgan fingerprint density at radius 3 is 2.05 bits per heavy atom. The number of nitrogens with zero attached hydrogens (tertiary/aromatic N) is 2. The van der Waals surface area contributed by atoms with Crippen molar-refractivity contribution >= 4 is 18.4 Å². The van der Waals surface area contributed by atoms with Crippen molar-refractivity contribution in [2.75, 3.05) is 33.1 Å². The highest BCUT2D eigenvalue weighted by Crippen LogP contribution is 2.58. The third-order valence-corrected chi connectivity index (χ3v) is 15.0. The van der Waals surface area contributed by atoms with E-state index in [-0.39, 0.29) is 29.7 Å². The summed E-state index contributed by atoms with van der Waals surface area (Å²) in [7, 11) is -2.17. The zero-order chi connectivity index (χ0) is 41.1. The first-order chi connectivity index (χ1) is 28.6. The molecule has 0 bridgehead atoms. The summed E-state index contributed by atoms with van der Waals surface area (Å²) in [6.07, 6.45) is 0.536. The maximum absolute atomic E-state index is 13.7. The monoisotopic (exact) mass is 841 g/mol. The minimum Gasteiger partial charge on any atom is -0.497 e. The first-order valence-corrected chi connectivity index (χ1v) is 22.6. The molecule has 3 aliphatic heterocycles. The van der Waals surface area contributed by atoms with Gasteiger partial charge in [-0.1, -0.05) is 79.7 Å². The number of methoxy groups -OCH3 is 2. The Kier molecular flexibility index (Phi) is 12.2. The van der Waals surface area contributed by atoms with E-state index >= 15 is 0 Å². The smallest absolute Gasteiger partial charge is 0.330 e. The number of aryl methyl sites for hydroxylation is 1. The molecule has 3 saturated heterocycles. The zero-order valence-electron chi connectivity index (χ0n) is 33.1. The molecule has 5 aromatic rings. The Hall–Kier alpha value is -4.66. The van der Waals surface area contributed by atoms with Crippen LogP contribution in [0.2, 0.25) is 0 Å². The first-order valence-electron chi connectivity index (χ1n) is 19.8. The number of aromatic nitrogens is 2. The zero-order valence-corrected chi connectivity index (χ0v) is 34.8. The summed E-state index contributed by atoms with van der Waals surface area (Å²) < 4.78 is 68.7. The molecule has 4 heterocycles. The van der Waals surface area contributed by atoms with Crippen LogP contribution < -0.4 is 20.7 Å². The third kappa shape index (κ3) is 8.15. The number of sulfone groups is 1. The van der Waals surface area contributed by atoms with Gasteiger partial charge in [-0.2, -0.15) is 0 Å². The molecular weight excluding hydrogens is 794 g/mol. The maximum Gasteiger partial charge on any atom is 0.330 e. The predicted octanol–water partition coefficient (Wildman–Crippen LogP) is 6.36. The quantitative estimate of drug-likeness (QED) is 0.0928. The molecule has 0 radical (unpaired) electrons. The minimum absolute atomic E-state index is 0.0351. The molecule has 0 saturated carbocycles. The van der Waals surface area contributed by atoms with Crippen LogP contribution in [0.5, 0.6) is 11.5 Å². The summed E-state index contributed by atoms with van der Waals surface area (Å²) in [5.74, 6) is 1.17. The van der Waals surface area contributed by atoms with Gasteiger partial charge in [0, 0.05) is 30.8 Å². The molecule has 3 aliphatic rings. The maximum atomic E-state index is 13.7. The average Bonchev–Trinajstić information content (AvgIpc) is 3.99. The molecule has 0 unspecified atom stereocenters. The fourth-order valence-corrected chi connectivity index (χ4v) is 11.9. The summed E-state index contributed by atoms with van der Waals surface area (Å²) >= 11 is 0. The lowest BCUT2D eigenvalue weighted by atomic mass is 9.80. The standard InChI is InChI=1S/C44H48N3O10PS/c1-4-30-27-45-43(49)47(42(30)48)41-26-38(56-58-46-25-11-16-37(46)40(57-58)29-59(50,51)36-14-9-6-10-15-36)39(55-41)28-54-44(31-12-7-5-8-13-31,32-17-21-34(52-2)22-18-32)33-19-23-35(53-3)24-20-33/h5-10,12-15,17-24,27,37-41H,4,11,16,25-26,28-29H2,1-3H3,(H,45,49)/t37-,38-,39+,40+,41+,58-/m0/s1. The molecule has 0 spiro atoms. The molecule has 13 nitrogen and oxygen atoms in total. The van der Waals surface area contributed by atoms with Gasteiger partial charge < -0.3 is 33.0 Å². The number of aromatic amines is 1. The van der Waals surface area contributed by atoms with Crippen molar-refractivity contribution in [1.82, 2.24) is 14.2 Å². The number of hydrogen-bond acceptors (Lipinski definition) is 11. The number of H-pyrrole nitrogens is 1. The number of ether oxygens (including phenoxy) is 4. The van der Waals surface area contributed by atoms with E-state index in [4.69, 9.17) is 28.0 Å². The van der Waals surface area contributed by atoms with E-state index < -0.39 is 59.8 Å². The third-order valence-electron chi connectivity index (χ3n) is 11.4. The van der Waals surface area contributed by atoms with Crippen LogP contribution in [-0.2, 0) is 40.4 Å². The van der Waals surface area contributed by atoms with Gasteiger partial charge in [0.1, 0.15) is 29.4 Å². The van der Waals surface area contributed by atoms with Gasteiger partial charge in [0.05, 0.1) is 43.7 Å². The number of hydrogen-bond donors (Lipinski definition) is 1. The minimum atomic E-state index is -3.65. The Balaban J connectivity index is 1.15. The van der Waals surface area contributed by atoms with Gasteiger partial charge in [-0.3, -0.25) is 4.79 Å². The molecular formula is C44H48N3O10PS. The molecule has 0 aliphatic carbocycles. The van der Waals surface area contributed by atoms with Crippen LogP contribution in [0.3, 0.4) is 0 Å². The van der Waals surface area contributed by atoms with E-state index in [0.29, 0.717) is 30.0 Å². The molecule has 4 aromatic carbocycles. The SMILES string of the molecule is CCc1c[nH]c(=O)n([C@H]2C[C@H](O[P@@]3O[C@H](CS(=O)(=O)c4ccccc4)[C@@H]4CCCN43)[C@@H](COC(c3ccccc3)(c3ccc(OC)cc3)c3ccc(OC)cc3)O2)c1=O. The van der Waals surface area contributed by atoms with Crippen LogP contribution in [-0.4, -0.2) is 80.1 Å². The van der Waals surface area contributed by atoms with Crippen molar-refractivity contribution in [2.24, 2.45) is 0 Å². The lowest BCUT2D eigenvalue weighted by Crippen LogP contribution is -2.40. The fraction of sp³-hybridized carbons (Fsp3) is 0.364. The van der Waals surface area contributed by atoms with Crippen molar-refractivity contribution < 1.29 is 36.4 Å². The predicted molar refractivity (Wildman–Crippen MR) is 222 cm³/mol. The van der Waals surface area contributed by atoms with Crippen LogP contribution in [0.1, 0.15) is 54.7 Å². The van der Waals surface area contributed by atoms with Crippen molar-refractivity contribution in [2.45, 2.75) is 73.7 Å². The number of fused-ring (bicyclic) bond motifs is 1. The van der Waals surface area contributed by atoms with Crippen LogP contribution in [0.15, 0.2) is 130 Å². The lowest BCUT2D eigenvalue weighted by molar-refractivity contribution is -0.0925. The van der Waals surface area contributed by atoms with E-state index in [1.165, 1.54) is 6.20 Å². The van der Waals surface area contributed by atoms with Gasteiger partial charge in [-0.25, -0.2) is 22.4 Å². The molecule has 0 amide bonds. The summed E-state index contributed by atoms with van der Waals surface area (Å²) in [6.45, 7) is 2.49. The summed E-state index contributed by atoms with van der Waals surface area (Å²) in [5.41, 5.74) is 0.696. The van der Waals surface area contributed by atoms with E-state index in [0.717, 1.165) is 34.1 Å². The summed E-state index contributed by atoms with van der Waals surface area (Å²) in [6, 6.07) is 33.5. The van der Waals surface area contributed by atoms with Gasteiger partial charge in [0.2, 0.25) is 0 Å². The van der Waals surface area contributed by atoms with Gasteiger partial charge >= 0.3 is 5.69 Å². The summed E-state index contributed by atoms with van der Waals surface area (Å²) in [5, 5.41) is 0. The normalized spacial score (nSPS) is 23.3. The molecule has 15 heteroatoms. The Morgan fingerprint density at radius 2 is 1.44 bits per heavy atom. The Morgan fingerprint density at radius 1 is 0.831 bits per heavy atom. The van der Waals surface area contributed by atoms with Crippen LogP contribution in [0, 0.1) is 0 Å². The van der Waals surface area contributed by atoms with Crippen molar-refractivity contribution in [3.63, 3.8) is 0 Å². The molecule has 3 fully saturated rings. The average molecular weight is 842 g/mol. The second-order valence-corrected chi connectivity index (χ2v) is 18.3. The van der Waals surface area contributed by atoms with Gasteiger partial charge in [0.15, 0.2) is 9.84 Å². The van der Waals surface area contributed by atoms with E-state index in [1.54, 1.807) is 44.6 Å². The Bertz CT molecular complexity index is 2380. The molecule has 6 atom stereocenters. The van der Waals surface area contributed by atoms with Crippen LogP contribution >= 0.6 is 8.53 Å². The number of nitrogens with one attached hydrogen (secondary N) is 1. The lowest BCUT2D eigenvalue weighted by Gasteiger charge is -2.37. The topological polar surface area (TPSA) is 148 Å². The molecule has 1 aromatic heterocycles. The molecule has 1 N–H and O–H groups in total. The van der Waals surface area contributed by atoms with Crippen LogP contribution in [0.25, 0.3) is 0 Å². The van der Waals surface area contributed by atoms with Crippen molar-refractivity contribution in [1.29, 1.82) is 0 Å². The number of benzene rings is 4. The fourth-order valence-electron chi connectivity index (χ4n) is 8.33. The van der Waals surface area contributed by atoms with Crippen molar-refractivity contribution in [3.8, 4) is 11.5 Å². The molecule has 8 rings (SSSR count). The van der Waals surface area contributed by atoms with Crippen LogP contribution in [0.4, 0.5) is 0 Å². The van der Waals surface area contributed by atoms with Gasteiger partial charge in [-0.05, 0) is 72.4 Å². The largest absolute Gasteiger partial charge is 0.497 e. The highest BCUT2D eigenvalue weighted by Gasteiger charge is 2.51. The van der Waals surface area contributed by atoms with Gasteiger partial charge in [0.25, 0.3) is 14.1 Å². The second kappa shape index (κ2) is 17.5. The van der Waals surface area contributed by atoms with E-state index in [9.17, 15) is 18.0 Å². The second-order valence-electron chi connectivity index (χ2n) is 14.8. The number of rotatable bonds is 15. The van der Waals surface area contributed by atoms with E-state index in [1.807, 2.05) is 85.8 Å². The first kappa shape index (κ1) is 41.1. The van der Waals surface area contributed by atoms with Gasteiger partial charge in [-0.15, -0.1) is 0 Å². The molecule has 310 valence electrons. The highest BCUT2D eigenvalue weighted by molar-refractivity contribution is 7.91. The highest BCUT2D eigenvalue weighted by atomic mass is 32.2. The summed E-state index contributed by atoms with van der Waals surface area (Å²) in [4.78, 5) is 29.9. The van der Waals surface area contributed by atoms with E-state index in [2.05, 4.69) is 9.65 Å². The molecule has 59 heavy (non-hydrogen) atoms. The van der Waals surface area contributed by atoms with Crippen molar-refractivity contribution in [3.05, 3.63) is 158 Å².